The zero-order valence-electron chi connectivity index (χ0n) is 25.0. The first kappa shape index (κ1) is 31.3. The molecule has 1 N–H and O–H groups in total. The van der Waals surface area contributed by atoms with Crippen LogP contribution in [-0.4, -0.2) is 84.9 Å². The van der Waals surface area contributed by atoms with Gasteiger partial charge in [-0.3, -0.25) is 9.78 Å². The van der Waals surface area contributed by atoms with Crippen LogP contribution in [0.5, 0.6) is 0 Å². The van der Waals surface area contributed by atoms with Gasteiger partial charge in [0.15, 0.2) is 0 Å². The number of hydrogen-bond donors (Lipinski definition) is 1. The quantitative estimate of drug-likeness (QED) is 0.516. The highest BCUT2D eigenvalue weighted by molar-refractivity contribution is 5.86. The molecule has 2 saturated heterocycles. The zero-order valence-corrected chi connectivity index (χ0v) is 25.0. The topological polar surface area (TPSA) is 117 Å². The molecule has 45 heavy (non-hydrogen) atoms. The Kier molecular flexibility index (Phi) is 8.74. The van der Waals surface area contributed by atoms with Crippen molar-refractivity contribution in [2.24, 2.45) is 11.3 Å². The van der Waals surface area contributed by atoms with Gasteiger partial charge >= 0.3 is 12.3 Å². The van der Waals surface area contributed by atoms with E-state index in [0.29, 0.717) is 62.4 Å². The smallest absolute Gasteiger partial charge is 0.417 e. The van der Waals surface area contributed by atoms with E-state index >= 15 is 0 Å². The number of nitrogens with one attached hydrogen (secondary N) is 1. The molecule has 240 valence electrons. The van der Waals surface area contributed by atoms with Gasteiger partial charge in [-0.2, -0.15) is 18.4 Å². The summed E-state index contributed by atoms with van der Waals surface area (Å²) in [7, 11) is 1.65. The fourth-order valence-corrected chi connectivity index (χ4v) is 7.39. The number of carbonyl (C=O) groups excluding carboxylic acids is 2. The van der Waals surface area contributed by atoms with E-state index < -0.39 is 23.2 Å². The second kappa shape index (κ2) is 12.6. The molecule has 0 radical (unpaired) electrons. The Hall–Kier alpha value is -3.73. The summed E-state index contributed by atoms with van der Waals surface area (Å²) in [5.41, 5.74) is 0.455. The van der Waals surface area contributed by atoms with E-state index in [4.69, 9.17) is 19.5 Å². The van der Waals surface area contributed by atoms with Crippen molar-refractivity contribution in [2.75, 3.05) is 40.0 Å². The Morgan fingerprint density at radius 3 is 2.78 bits per heavy atom. The molecule has 1 aromatic carbocycles. The molecular formula is C32H36F3N5O5. The van der Waals surface area contributed by atoms with E-state index in [9.17, 15) is 22.8 Å². The number of rotatable bonds is 6. The molecule has 13 heteroatoms. The Bertz CT molecular complexity index is 1460. The number of likely N-dealkylation sites (tertiary alicyclic amines) is 1. The van der Waals surface area contributed by atoms with Gasteiger partial charge < -0.3 is 29.3 Å². The molecule has 1 saturated carbocycles. The molecule has 3 aliphatic heterocycles. The summed E-state index contributed by atoms with van der Waals surface area (Å²) in [5, 5.41) is 12.7. The van der Waals surface area contributed by atoms with Gasteiger partial charge in [0.25, 0.3) is 0 Å². The van der Waals surface area contributed by atoms with Gasteiger partial charge in [0.1, 0.15) is 6.61 Å². The van der Waals surface area contributed by atoms with Crippen LogP contribution in [-0.2, 0) is 44.8 Å². The first-order chi connectivity index (χ1) is 21.6. The number of amides is 2. The first-order valence-corrected chi connectivity index (χ1v) is 15.2. The maximum Gasteiger partial charge on any atom is 0.417 e. The number of ether oxygens (including phenoxy) is 3. The second-order valence-electron chi connectivity index (χ2n) is 12.4. The molecule has 3 fully saturated rings. The predicted molar refractivity (Wildman–Crippen MR) is 153 cm³/mol. The molecule has 4 aliphatic rings. The maximum atomic E-state index is 14.5. The average molecular weight is 628 g/mol. The number of methoxy groups -OCH3 is 1. The minimum Gasteiger partial charge on any atom is -0.445 e. The van der Waals surface area contributed by atoms with Crippen molar-refractivity contribution >= 4 is 12.0 Å². The Morgan fingerprint density at radius 1 is 1.24 bits per heavy atom. The van der Waals surface area contributed by atoms with Gasteiger partial charge in [-0.1, -0.05) is 12.1 Å². The van der Waals surface area contributed by atoms with Crippen LogP contribution in [0.25, 0.3) is 0 Å². The molecule has 2 aromatic rings. The third-order valence-electron chi connectivity index (χ3n) is 9.72. The number of nitrogens with zero attached hydrogens (tertiary/aromatic N) is 4. The lowest BCUT2D eigenvalue weighted by molar-refractivity contribution is -0.143. The van der Waals surface area contributed by atoms with E-state index in [2.05, 4.69) is 16.4 Å². The van der Waals surface area contributed by atoms with E-state index in [1.807, 2.05) is 0 Å². The number of halogens is 3. The first-order valence-electron chi connectivity index (χ1n) is 15.2. The molecule has 1 aliphatic carbocycles. The molecule has 5 atom stereocenters. The van der Waals surface area contributed by atoms with Gasteiger partial charge in [0, 0.05) is 70.3 Å². The normalized spacial score (nSPS) is 27.9. The number of pyridine rings is 1. The highest BCUT2D eigenvalue weighted by atomic mass is 19.4. The Balaban J connectivity index is 1.20. The molecular weight excluding hydrogens is 591 g/mol. The summed E-state index contributed by atoms with van der Waals surface area (Å²) >= 11 is 0. The predicted octanol–water partition coefficient (Wildman–Crippen LogP) is 3.67. The lowest BCUT2D eigenvalue weighted by Gasteiger charge is -2.37. The number of hydrogen-bond acceptors (Lipinski definition) is 8. The third kappa shape index (κ3) is 6.36. The highest BCUT2D eigenvalue weighted by Crippen LogP contribution is 2.51. The Labute approximate surface area is 259 Å². The largest absolute Gasteiger partial charge is 0.445 e. The van der Waals surface area contributed by atoms with Crippen LogP contribution < -0.4 is 5.32 Å². The molecule has 0 spiro atoms. The zero-order chi connectivity index (χ0) is 31.8. The number of carbonyl (C=O) groups is 2. The SMILES string of the molecule is COC1COCCC1NC1C[C@H]2CN(C(=O)OCc3ccc(C#N)cc3)C[C@@]2(C(=O)N2CCc3ncc(C(F)(F)F)cc3C2)C1. The number of alkyl halides is 3. The lowest BCUT2D eigenvalue weighted by atomic mass is 9.78. The molecule has 10 nitrogen and oxygen atoms in total. The van der Waals surface area contributed by atoms with Crippen LogP contribution in [0.2, 0.25) is 0 Å². The number of aromatic nitrogens is 1. The summed E-state index contributed by atoms with van der Waals surface area (Å²) in [5.74, 6) is -0.315. The van der Waals surface area contributed by atoms with E-state index in [-0.39, 0.29) is 49.7 Å². The third-order valence-corrected chi connectivity index (χ3v) is 9.72. The second-order valence-corrected chi connectivity index (χ2v) is 12.4. The fourth-order valence-electron chi connectivity index (χ4n) is 7.39. The highest BCUT2D eigenvalue weighted by Gasteiger charge is 2.60. The van der Waals surface area contributed by atoms with Gasteiger partial charge in [-0.15, -0.1) is 0 Å². The monoisotopic (exact) mass is 627 g/mol. The summed E-state index contributed by atoms with van der Waals surface area (Å²) in [6.45, 7) is 1.98. The van der Waals surface area contributed by atoms with Crippen molar-refractivity contribution < 1.29 is 37.0 Å². The van der Waals surface area contributed by atoms with Crippen molar-refractivity contribution in [1.29, 1.82) is 5.26 Å². The number of nitriles is 1. The van der Waals surface area contributed by atoms with Crippen LogP contribution >= 0.6 is 0 Å². The van der Waals surface area contributed by atoms with Crippen molar-refractivity contribution in [3.8, 4) is 6.07 Å². The van der Waals surface area contributed by atoms with Crippen LogP contribution in [0, 0.1) is 22.7 Å². The lowest BCUT2D eigenvalue weighted by Crippen LogP contribution is -2.52. The van der Waals surface area contributed by atoms with Crippen molar-refractivity contribution in [2.45, 2.75) is 63.2 Å². The number of fused-ring (bicyclic) bond motifs is 2. The molecule has 1 aromatic heterocycles. The van der Waals surface area contributed by atoms with Crippen molar-refractivity contribution in [3.63, 3.8) is 0 Å². The van der Waals surface area contributed by atoms with Gasteiger partial charge in [-0.25, -0.2) is 4.79 Å². The molecule has 0 bridgehead atoms. The van der Waals surface area contributed by atoms with E-state index in [0.717, 1.165) is 24.2 Å². The number of benzene rings is 1. The molecule has 3 unspecified atom stereocenters. The summed E-state index contributed by atoms with van der Waals surface area (Å²) in [6.07, 6.45) is -2.07. The summed E-state index contributed by atoms with van der Waals surface area (Å²) < 4.78 is 57.1. The van der Waals surface area contributed by atoms with Crippen molar-refractivity contribution in [3.05, 3.63) is 64.5 Å². The fraction of sp³-hybridized carbons (Fsp3) is 0.562. The Morgan fingerprint density at radius 2 is 2.04 bits per heavy atom. The van der Waals surface area contributed by atoms with Crippen molar-refractivity contribution in [1.82, 2.24) is 20.1 Å². The van der Waals surface area contributed by atoms with Gasteiger partial charge in [-0.05, 0) is 54.5 Å². The average Bonchev–Trinajstić information content (AvgIpc) is 3.58. The van der Waals surface area contributed by atoms with Crippen LogP contribution in [0.1, 0.15) is 47.2 Å². The van der Waals surface area contributed by atoms with Crippen LogP contribution in [0.15, 0.2) is 36.5 Å². The maximum absolute atomic E-state index is 14.5. The minimum atomic E-state index is -4.53. The standard InChI is InChI=1S/C32H36F3N5O5/c1-43-28-18-44-9-7-27(28)38-25-11-24-16-40(30(42)45-17-21-4-2-20(13-36)3-5-21)19-31(24,12-25)29(41)39-8-6-26-22(15-39)10-23(14-37-26)32(33,34)35/h2-5,10,14,24-25,27-28,38H,6-9,11-12,15-19H2,1H3/t24-,25?,27?,28?,31-/m0/s1. The summed E-state index contributed by atoms with van der Waals surface area (Å²) in [4.78, 5) is 35.0. The minimum absolute atomic E-state index is 0.00732. The molecule has 4 heterocycles. The van der Waals surface area contributed by atoms with E-state index in [1.165, 1.54) is 0 Å². The van der Waals surface area contributed by atoms with E-state index in [1.54, 1.807) is 41.2 Å². The molecule has 2 amide bonds. The van der Waals surface area contributed by atoms with Gasteiger partial charge in [0.2, 0.25) is 5.91 Å². The van der Waals surface area contributed by atoms with Crippen LogP contribution in [0.4, 0.5) is 18.0 Å². The van der Waals surface area contributed by atoms with Gasteiger partial charge in [0.05, 0.1) is 35.3 Å². The summed E-state index contributed by atoms with van der Waals surface area (Å²) in [6, 6.07) is 9.95. The molecule has 6 rings (SSSR count). The van der Waals surface area contributed by atoms with Crippen LogP contribution in [0.3, 0.4) is 0 Å².